The molecule has 1 aliphatic carbocycles. The lowest BCUT2D eigenvalue weighted by molar-refractivity contribution is 0.279. The molecule has 0 spiro atoms. The molecule has 4 heteroatoms. The Morgan fingerprint density at radius 3 is 2.25 bits per heavy atom. The second kappa shape index (κ2) is 3.86. The first kappa shape index (κ1) is 11.6. The van der Waals surface area contributed by atoms with Crippen molar-refractivity contribution in [2.75, 3.05) is 5.75 Å². The van der Waals surface area contributed by atoms with Crippen molar-refractivity contribution >= 4 is 9.84 Å². The predicted octanol–water partition coefficient (Wildman–Crippen LogP) is 1.65. The molecule has 0 bridgehead atoms. The molecular weight excluding hydrogens is 222 g/mol. The van der Waals surface area contributed by atoms with Crippen LogP contribution in [0.15, 0.2) is 29.2 Å². The smallest absolute Gasteiger partial charge is 0.180 e. The van der Waals surface area contributed by atoms with Crippen molar-refractivity contribution < 1.29 is 8.42 Å². The van der Waals surface area contributed by atoms with E-state index in [9.17, 15) is 8.42 Å². The third kappa shape index (κ3) is 2.28. The average molecular weight is 239 g/mol. The highest BCUT2D eigenvalue weighted by atomic mass is 32.2. The Morgan fingerprint density at radius 1 is 1.25 bits per heavy atom. The van der Waals surface area contributed by atoms with E-state index in [2.05, 4.69) is 0 Å². The molecule has 0 atom stereocenters. The molecule has 0 unspecified atom stereocenters. The van der Waals surface area contributed by atoms with Crippen molar-refractivity contribution in [3.8, 4) is 0 Å². The monoisotopic (exact) mass is 239 g/mol. The van der Waals surface area contributed by atoms with Crippen LogP contribution in [0.1, 0.15) is 24.8 Å². The first-order valence-corrected chi connectivity index (χ1v) is 7.15. The van der Waals surface area contributed by atoms with Gasteiger partial charge in [-0.15, -0.1) is 0 Å². The van der Waals surface area contributed by atoms with Crippen LogP contribution < -0.4 is 5.73 Å². The fraction of sp³-hybridized carbons (Fsp3) is 0.500. The van der Waals surface area contributed by atoms with Crippen molar-refractivity contribution in [2.45, 2.75) is 36.6 Å². The van der Waals surface area contributed by atoms with E-state index in [1.165, 1.54) is 0 Å². The van der Waals surface area contributed by atoms with Crippen LogP contribution in [-0.2, 0) is 9.84 Å². The molecule has 1 aromatic rings. The summed E-state index contributed by atoms with van der Waals surface area (Å²) in [4.78, 5) is 0.384. The van der Waals surface area contributed by atoms with Crippen molar-refractivity contribution in [3.05, 3.63) is 29.8 Å². The summed E-state index contributed by atoms with van der Waals surface area (Å²) in [6.07, 6.45) is 2.68. The number of rotatable bonds is 3. The number of sulfone groups is 1. The van der Waals surface area contributed by atoms with Crippen LogP contribution >= 0.6 is 0 Å². The number of hydrogen-bond donors (Lipinski definition) is 1. The zero-order chi connectivity index (χ0) is 11.8. The lowest BCUT2D eigenvalue weighted by atomic mass is 9.79. The molecule has 88 valence electrons. The molecule has 0 heterocycles. The van der Waals surface area contributed by atoms with Gasteiger partial charge in [0.25, 0.3) is 0 Å². The van der Waals surface area contributed by atoms with Crippen LogP contribution in [-0.4, -0.2) is 19.7 Å². The van der Waals surface area contributed by atoms with Crippen molar-refractivity contribution in [2.24, 2.45) is 5.73 Å². The van der Waals surface area contributed by atoms with E-state index in [-0.39, 0.29) is 5.75 Å². The molecule has 2 N–H and O–H groups in total. The van der Waals surface area contributed by atoms with Crippen molar-refractivity contribution in [3.63, 3.8) is 0 Å². The molecule has 3 nitrogen and oxygen atoms in total. The molecule has 0 aromatic heterocycles. The van der Waals surface area contributed by atoms with Crippen LogP contribution in [0, 0.1) is 6.92 Å². The van der Waals surface area contributed by atoms with E-state index in [0.717, 1.165) is 24.8 Å². The van der Waals surface area contributed by atoms with Crippen molar-refractivity contribution in [1.82, 2.24) is 0 Å². The van der Waals surface area contributed by atoms with Crippen LogP contribution in [0.3, 0.4) is 0 Å². The first-order chi connectivity index (χ1) is 7.41. The van der Waals surface area contributed by atoms with Crippen molar-refractivity contribution in [1.29, 1.82) is 0 Å². The van der Waals surface area contributed by atoms with Gasteiger partial charge in [-0.05, 0) is 38.3 Å². The molecule has 1 aliphatic rings. The van der Waals surface area contributed by atoms with Gasteiger partial charge in [0, 0.05) is 5.54 Å². The van der Waals surface area contributed by atoms with Gasteiger partial charge in [-0.25, -0.2) is 8.42 Å². The minimum absolute atomic E-state index is 0.0725. The minimum Gasteiger partial charge on any atom is -0.324 e. The van der Waals surface area contributed by atoms with Crippen LogP contribution in [0.5, 0.6) is 0 Å². The average Bonchev–Trinajstić information content (AvgIpc) is 2.15. The lowest BCUT2D eigenvalue weighted by Crippen LogP contribution is -2.51. The van der Waals surface area contributed by atoms with Gasteiger partial charge < -0.3 is 5.73 Å². The molecule has 1 saturated carbocycles. The first-order valence-electron chi connectivity index (χ1n) is 5.50. The molecule has 1 aromatic carbocycles. The second-order valence-corrected chi connectivity index (χ2v) is 6.78. The van der Waals surface area contributed by atoms with Gasteiger partial charge in [-0.3, -0.25) is 0 Å². The number of hydrogen-bond acceptors (Lipinski definition) is 3. The van der Waals surface area contributed by atoms with Gasteiger partial charge in [0.2, 0.25) is 0 Å². The van der Waals surface area contributed by atoms with E-state index in [1.54, 1.807) is 12.1 Å². The van der Waals surface area contributed by atoms with Gasteiger partial charge in [0.05, 0.1) is 10.6 Å². The largest absolute Gasteiger partial charge is 0.324 e. The van der Waals surface area contributed by atoms with E-state index in [0.29, 0.717) is 4.90 Å². The highest BCUT2D eigenvalue weighted by Crippen LogP contribution is 2.32. The van der Waals surface area contributed by atoms with Gasteiger partial charge in [-0.2, -0.15) is 0 Å². The Balaban J connectivity index is 2.22. The third-order valence-electron chi connectivity index (χ3n) is 3.21. The van der Waals surface area contributed by atoms with E-state index >= 15 is 0 Å². The Morgan fingerprint density at radius 2 is 1.81 bits per heavy atom. The molecule has 0 radical (unpaired) electrons. The summed E-state index contributed by atoms with van der Waals surface area (Å²) in [6.45, 7) is 1.94. The Bertz CT molecular complexity index is 472. The molecule has 0 aliphatic heterocycles. The summed E-state index contributed by atoms with van der Waals surface area (Å²) in [5, 5.41) is 0. The van der Waals surface area contributed by atoms with Gasteiger partial charge >= 0.3 is 0 Å². The maximum Gasteiger partial charge on any atom is 0.180 e. The summed E-state index contributed by atoms with van der Waals surface area (Å²) >= 11 is 0. The van der Waals surface area contributed by atoms with Crippen LogP contribution in [0.4, 0.5) is 0 Å². The van der Waals surface area contributed by atoms with Crippen LogP contribution in [0.25, 0.3) is 0 Å². The molecule has 0 amide bonds. The SMILES string of the molecule is Cc1ccc(S(=O)(=O)CC2(N)CCC2)cc1. The summed E-state index contributed by atoms with van der Waals surface area (Å²) in [7, 11) is -3.22. The summed E-state index contributed by atoms with van der Waals surface area (Å²) in [5.74, 6) is 0.0725. The van der Waals surface area contributed by atoms with Gasteiger partial charge in [-0.1, -0.05) is 17.7 Å². The number of benzene rings is 1. The molecule has 1 fully saturated rings. The number of aryl methyl sites for hydroxylation is 1. The Labute approximate surface area is 96.6 Å². The zero-order valence-corrected chi connectivity index (χ0v) is 10.3. The molecule has 0 saturated heterocycles. The normalized spacial score (nSPS) is 19.1. The minimum atomic E-state index is -3.22. The zero-order valence-electron chi connectivity index (χ0n) is 9.44. The lowest BCUT2D eigenvalue weighted by Gasteiger charge is -2.37. The second-order valence-electron chi connectivity index (χ2n) is 4.79. The third-order valence-corrected chi connectivity index (χ3v) is 5.15. The summed E-state index contributed by atoms with van der Waals surface area (Å²) < 4.78 is 24.1. The van der Waals surface area contributed by atoms with E-state index in [1.807, 2.05) is 19.1 Å². The maximum atomic E-state index is 12.1. The maximum absolute atomic E-state index is 12.1. The standard InChI is InChI=1S/C12H17NO2S/c1-10-3-5-11(6-4-10)16(14,15)9-12(13)7-2-8-12/h3-6H,2,7-9,13H2,1H3. The van der Waals surface area contributed by atoms with Gasteiger partial charge in [0.15, 0.2) is 9.84 Å². The quantitative estimate of drug-likeness (QED) is 0.872. The van der Waals surface area contributed by atoms with Gasteiger partial charge in [0.1, 0.15) is 0 Å². The summed E-state index contributed by atoms with van der Waals surface area (Å²) in [5.41, 5.74) is 6.55. The van der Waals surface area contributed by atoms with Crippen LogP contribution in [0.2, 0.25) is 0 Å². The number of nitrogens with two attached hydrogens (primary N) is 1. The highest BCUT2D eigenvalue weighted by molar-refractivity contribution is 7.91. The highest BCUT2D eigenvalue weighted by Gasteiger charge is 2.37. The molecule has 16 heavy (non-hydrogen) atoms. The predicted molar refractivity (Wildman–Crippen MR) is 64.0 cm³/mol. The Hall–Kier alpha value is -0.870. The Kier molecular flexibility index (Phi) is 2.80. The van der Waals surface area contributed by atoms with E-state index in [4.69, 9.17) is 5.73 Å². The summed E-state index contributed by atoms with van der Waals surface area (Å²) in [6, 6.07) is 6.95. The molecule has 2 rings (SSSR count). The fourth-order valence-electron chi connectivity index (χ4n) is 1.98. The topological polar surface area (TPSA) is 60.2 Å². The van der Waals surface area contributed by atoms with E-state index < -0.39 is 15.4 Å². The fourth-order valence-corrected chi connectivity index (χ4v) is 3.75. The molecular formula is C12H17NO2S.